The lowest BCUT2D eigenvalue weighted by Gasteiger charge is -2.39. The van der Waals surface area contributed by atoms with Crippen molar-refractivity contribution in [2.24, 2.45) is 0 Å². The topological polar surface area (TPSA) is 82.1 Å². The smallest absolute Gasteiger partial charge is 0.410 e. The molecule has 0 saturated carbocycles. The van der Waals surface area contributed by atoms with Crippen molar-refractivity contribution in [1.82, 2.24) is 4.90 Å². The lowest BCUT2D eigenvalue weighted by molar-refractivity contribution is -0.177. The summed E-state index contributed by atoms with van der Waals surface area (Å²) in [6.07, 6.45) is 0.121. The number of nitrogens with zero attached hydrogens (tertiary/aromatic N) is 1. The number of hydrogen-bond acceptors (Lipinski definition) is 6. The van der Waals surface area contributed by atoms with E-state index < -0.39 is 23.3 Å². The molecule has 1 fully saturated rings. The van der Waals surface area contributed by atoms with E-state index in [1.165, 1.54) is 18.9 Å². The van der Waals surface area contributed by atoms with Gasteiger partial charge in [-0.05, 0) is 27.7 Å². The van der Waals surface area contributed by atoms with Gasteiger partial charge in [-0.15, -0.1) is 0 Å². The van der Waals surface area contributed by atoms with E-state index in [4.69, 9.17) is 14.2 Å². The minimum absolute atomic E-state index is 0.151. The Hall–Kier alpha value is -1.63. The number of amides is 1. The van der Waals surface area contributed by atoms with Crippen LogP contribution in [0.25, 0.3) is 0 Å². The molecule has 126 valence electrons. The Morgan fingerprint density at radius 1 is 1.14 bits per heavy atom. The highest BCUT2D eigenvalue weighted by Gasteiger charge is 2.45. The molecule has 1 amide bonds. The molecule has 0 aromatic carbocycles. The Morgan fingerprint density at radius 3 is 2.09 bits per heavy atom. The van der Waals surface area contributed by atoms with Crippen LogP contribution in [0.4, 0.5) is 4.79 Å². The molecule has 1 rings (SSSR count). The van der Waals surface area contributed by atoms with E-state index in [-0.39, 0.29) is 25.2 Å². The Labute approximate surface area is 130 Å². The van der Waals surface area contributed by atoms with E-state index in [1.807, 2.05) is 0 Å². The van der Waals surface area contributed by atoms with Gasteiger partial charge in [-0.25, -0.2) is 9.59 Å². The zero-order chi connectivity index (χ0) is 17.0. The van der Waals surface area contributed by atoms with Gasteiger partial charge in [-0.3, -0.25) is 4.79 Å². The predicted octanol–water partition coefficient (Wildman–Crippen LogP) is 1.53. The monoisotopic (exact) mass is 315 g/mol. The average Bonchev–Trinajstić information content (AvgIpc) is 2.42. The van der Waals surface area contributed by atoms with Gasteiger partial charge in [0, 0.05) is 25.9 Å². The number of carbonyl (C=O) groups is 3. The third-order valence-electron chi connectivity index (χ3n) is 3.33. The molecule has 1 saturated heterocycles. The molecule has 0 N–H and O–H groups in total. The maximum atomic E-state index is 12.0. The first kappa shape index (κ1) is 18.4. The van der Waals surface area contributed by atoms with Crippen molar-refractivity contribution >= 4 is 17.8 Å². The van der Waals surface area contributed by atoms with Gasteiger partial charge in [0.15, 0.2) is 11.4 Å². The van der Waals surface area contributed by atoms with Crippen LogP contribution in [0.3, 0.4) is 0 Å². The van der Waals surface area contributed by atoms with Gasteiger partial charge in [0.25, 0.3) is 0 Å². The molecule has 1 aliphatic rings. The molecule has 0 aromatic rings. The van der Waals surface area contributed by atoms with Crippen LogP contribution < -0.4 is 0 Å². The first-order valence-corrected chi connectivity index (χ1v) is 7.29. The van der Waals surface area contributed by atoms with Gasteiger partial charge >= 0.3 is 12.1 Å². The Kier molecular flexibility index (Phi) is 5.93. The van der Waals surface area contributed by atoms with Crippen molar-refractivity contribution in [3.8, 4) is 0 Å². The van der Waals surface area contributed by atoms with Gasteiger partial charge in [0.1, 0.15) is 12.2 Å². The minimum atomic E-state index is -1.17. The molecule has 7 heteroatoms. The second-order valence-corrected chi connectivity index (χ2v) is 6.44. The summed E-state index contributed by atoms with van der Waals surface area (Å²) in [5.41, 5.74) is -1.74. The summed E-state index contributed by atoms with van der Waals surface area (Å²) < 4.78 is 15.6. The zero-order valence-corrected chi connectivity index (χ0v) is 13.9. The molecular formula is C15H25NO6. The highest BCUT2D eigenvalue weighted by Crippen LogP contribution is 2.29. The number of methoxy groups -OCH3 is 1. The Balaban J connectivity index is 2.70. The number of piperidine rings is 1. The number of rotatable bonds is 4. The van der Waals surface area contributed by atoms with Crippen LogP contribution in [0.15, 0.2) is 0 Å². The average molecular weight is 315 g/mol. The standard InChI is InChI=1S/C15H25NO6/c1-11(17)10-21-15(12(18)20-5)6-8-16(9-7-15)13(19)22-14(2,3)4/h6-10H2,1-5H3. The molecule has 0 bridgehead atoms. The molecular weight excluding hydrogens is 290 g/mol. The van der Waals surface area contributed by atoms with Crippen molar-refractivity contribution in [3.63, 3.8) is 0 Å². The molecule has 0 spiro atoms. The van der Waals surface area contributed by atoms with E-state index in [2.05, 4.69) is 0 Å². The van der Waals surface area contributed by atoms with Crippen LogP contribution in [0.1, 0.15) is 40.5 Å². The number of carbonyl (C=O) groups excluding carboxylic acids is 3. The maximum absolute atomic E-state index is 12.0. The first-order valence-electron chi connectivity index (χ1n) is 7.29. The van der Waals surface area contributed by atoms with E-state index in [1.54, 1.807) is 20.8 Å². The van der Waals surface area contributed by atoms with Crippen LogP contribution in [-0.2, 0) is 23.8 Å². The number of ether oxygens (including phenoxy) is 3. The molecule has 0 aromatic heterocycles. The molecule has 0 aliphatic carbocycles. The largest absolute Gasteiger partial charge is 0.467 e. The highest BCUT2D eigenvalue weighted by molar-refractivity contribution is 5.82. The Bertz CT molecular complexity index is 432. The number of ketones is 1. The maximum Gasteiger partial charge on any atom is 0.410 e. The van der Waals surface area contributed by atoms with E-state index in [0.29, 0.717) is 13.1 Å². The Morgan fingerprint density at radius 2 is 1.68 bits per heavy atom. The van der Waals surface area contributed by atoms with Crippen LogP contribution in [0.2, 0.25) is 0 Å². The van der Waals surface area contributed by atoms with Gasteiger partial charge in [-0.2, -0.15) is 0 Å². The molecule has 7 nitrogen and oxygen atoms in total. The molecule has 22 heavy (non-hydrogen) atoms. The first-order chi connectivity index (χ1) is 10.1. The van der Waals surface area contributed by atoms with Gasteiger partial charge < -0.3 is 19.1 Å². The SMILES string of the molecule is COC(=O)C1(OCC(C)=O)CCN(C(=O)OC(C)(C)C)CC1. The number of hydrogen-bond donors (Lipinski definition) is 0. The number of likely N-dealkylation sites (tertiary alicyclic amines) is 1. The quantitative estimate of drug-likeness (QED) is 0.732. The predicted molar refractivity (Wildman–Crippen MR) is 78.4 cm³/mol. The minimum Gasteiger partial charge on any atom is -0.467 e. The number of Topliss-reactive ketones (excluding diaryl/α,β-unsaturated/α-hetero) is 1. The summed E-state index contributed by atoms with van der Waals surface area (Å²) in [4.78, 5) is 36.7. The summed E-state index contributed by atoms with van der Waals surface area (Å²) in [6.45, 7) is 7.24. The molecule has 0 unspecified atom stereocenters. The summed E-state index contributed by atoms with van der Waals surface area (Å²) in [7, 11) is 1.28. The summed E-state index contributed by atoms with van der Waals surface area (Å²) in [5, 5.41) is 0. The third-order valence-corrected chi connectivity index (χ3v) is 3.33. The van der Waals surface area contributed by atoms with Gasteiger partial charge in [0.05, 0.1) is 7.11 Å². The van der Waals surface area contributed by atoms with Crippen molar-refractivity contribution in [3.05, 3.63) is 0 Å². The normalized spacial score (nSPS) is 17.8. The third kappa shape index (κ3) is 4.98. The van der Waals surface area contributed by atoms with Crippen molar-refractivity contribution < 1.29 is 28.6 Å². The zero-order valence-electron chi connectivity index (χ0n) is 13.9. The number of esters is 1. The summed E-state index contributed by atoms with van der Waals surface area (Å²) in [5.74, 6) is -0.685. The fourth-order valence-corrected chi connectivity index (χ4v) is 2.21. The highest BCUT2D eigenvalue weighted by atomic mass is 16.6. The fourth-order valence-electron chi connectivity index (χ4n) is 2.21. The lowest BCUT2D eigenvalue weighted by atomic mass is 9.91. The van der Waals surface area contributed by atoms with Crippen LogP contribution in [-0.4, -0.2) is 60.8 Å². The fraction of sp³-hybridized carbons (Fsp3) is 0.800. The van der Waals surface area contributed by atoms with Crippen LogP contribution >= 0.6 is 0 Å². The van der Waals surface area contributed by atoms with E-state index in [0.717, 1.165) is 0 Å². The lowest BCUT2D eigenvalue weighted by Crippen LogP contribution is -2.54. The summed E-state index contributed by atoms with van der Waals surface area (Å²) in [6, 6.07) is 0. The second-order valence-electron chi connectivity index (χ2n) is 6.44. The van der Waals surface area contributed by atoms with Crippen molar-refractivity contribution in [2.75, 3.05) is 26.8 Å². The van der Waals surface area contributed by atoms with Gasteiger partial charge in [-0.1, -0.05) is 0 Å². The van der Waals surface area contributed by atoms with Crippen molar-refractivity contribution in [1.29, 1.82) is 0 Å². The van der Waals surface area contributed by atoms with Gasteiger partial charge in [0.2, 0.25) is 0 Å². The van der Waals surface area contributed by atoms with E-state index >= 15 is 0 Å². The second kappa shape index (κ2) is 7.09. The summed E-state index contributed by atoms with van der Waals surface area (Å²) >= 11 is 0. The molecule has 1 heterocycles. The van der Waals surface area contributed by atoms with Crippen LogP contribution in [0.5, 0.6) is 0 Å². The molecule has 1 aliphatic heterocycles. The van der Waals surface area contributed by atoms with Crippen molar-refractivity contribution in [2.45, 2.75) is 51.7 Å². The van der Waals surface area contributed by atoms with Crippen LogP contribution in [0, 0.1) is 0 Å². The van der Waals surface area contributed by atoms with E-state index in [9.17, 15) is 14.4 Å². The molecule has 0 radical (unpaired) electrons. The molecule has 0 atom stereocenters.